The Balaban J connectivity index is 1.64. The van der Waals surface area contributed by atoms with Gasteiger partial charge in [0, 0.05) is 24.4 Å². The van der Waals surface area contributed by atoms with Crippen LogP contribution < -0.4 is 10.1 Å². The van der Waals surface area contributed by atoms with Crippen molar-refractivity contribution in [3.63, 3.8) is 0 Å². The molecule has 19 heavy (non-hydrogen) atoms. The molecule has 2 unspecified atom stereocenters. The highest BCUT2D eigenvalue weighted by atomic mass is 16.5. The van der Waals surface area contributed by atoms with E-state index in [-0.39, 0.29) is 6.04 Å². The number of rotatable bonds is 4. The standard InChI is InChI=1S/C14H17N3O2/c1-9(15-7-14-17-16-10(2)19-14)12-8-18-13-6-4-3-5-11(12)13/h3-6,9,12,15H,7-8H2,1-2H3. The minimum atomic E-state index is 0.288. The average Bonchev–Trinajstić information content (AvgIpc) is 3.02. The Labute approximate surface area is 112 Å². The number of hydrogen-bond donors (Lipinski definition) is 1. The first kappa shape index (κ1) is 12.2. The van der Waals surface area contributed by atoms with Crippen LogP contribution in [0.5, 0.6) is 5.75 Å². The van der Waals surface area contributed by atoms with Gasteiger partial charge in [0.2, 0.25) is 11.8 Å². The number of hydrogen-bond acceptors (Lipinski definition) is 5. The molecule has 0 saturated heterocycles. The minimum absolute atomic E-state index is 0.288. The quantitative estimate of drug-likeness (QED) is 0.910. The molecule has 2 aromatic rings. The van der Waals surface area contributed by atoms with E-state index in [0.717, 1.165) is 12.4 Å². The molecular weight excluding hydrogens is 242 g/mol. The van der Waals surface area contributed by atoms with Crippen molar-refractivity contribution in [2.75, 3.05) is 6.61 Å². The molecule has 2 heterocycles. The van der Waals surface area contributed by atoms with Gasteiger partial charge in [0.1, 0.15) is 5.75 Å². The third-order valence-corrected chi connectivity index (χ3v) is 3.48. The van der Waals surface area contributed by atoms with E-state index in [4.69, 9.17) is 9.15 Å². The lowest BCUT2D eigenvalue weighted by atomic mass is 9.94. The molecular formula is C14H17N3O2. The van der Waals surface area contributed by atoms with E-state index in [2.05, 4.69) is 34.6 Å². The molecule has 1 aliphatic rings. The van der Waals surface area contributed by atoms with Gasteiger partial charge in [-0.15, -0.1) is 10.2 Å². The summed E-state index contributed by atoms with van der Waals surface area (Å²) in [6.45, 7) is 5.25. The maximum atomic E-state index is 5.70. The first-order chi connectivity index (χ1) is 9.24. The van der Waals surface area contributed by atoms with Gasteiger partial charge in [-0.1, -0.05) is 18.2 Å². The zero-order valence-electron chi connectivity index (χ0n) is 11.1. The lowest BCUT2D eigenvalue weighted by Crippen LogP contribution is -2.32. The van der Waals surface area contributed by atoms with E-state index in [0.29, 0.717) is 24.2 Å². The lowest BCUT2D eigenvalue weighted by molar-refractivity contribution is 0.299. The van der Waals surface area contributed by atoms with Gasteiger partial charge in [0.05, 0.1) is 13.2 Å². The SMILES string of the molecule is Cc1nnc(CNC(C)C2COc3ccccc32)o1. The fourth-order valence-electron chi connectivity index (χ4n) is 2.40. The summed E-state index contributed by atoms with van der Waals surface area (Å²) in [5.74, 6) is 2.57. The molecule has 0 radical (unpaired) electrons. The zero-order valence-corrected chi connectivity index (χ0v) is 11.1. The van der Waals surface area contributed by atoms with Gasteiger partial charge in [-0.05, 0) is 13.0 Å². The highest BCUT2D eigenvalue weighted by Crippen LogP contribution is 2.35. The monoisotopic (exact) mass is 259 g/mol. The second-order valence-electron chi connectivity index (χ2n) is 4.84. The first-order valence-electron chi connectivity index (χ1n) is 6.48. The number of ether oxygens (including phenoxy) is 1. The average molecular weight is 259 g/mol. The van der Waals surface area contributed by atoms with E-state index >= 15 is 0 Å². The van der Waals surface area contributed by atoms with Gasteiger partial charge >= 0.3 is 0 Å². The third kappa shape index (κ3) is 2.46. The van der Waals surface area contributed by atoms with Gasteiger partial charge < -0.3 is 14.5 Å². The highest BCUT2D eigenvalue weighted by molar-refractivity contribution is 5.40. The molecule has 1 N–H and O–H groups in total. The topological polar surface area (TPSA) is 60.2 Å². The van der Waals surface area contributed by atoms with Crippen molar-refractivity contribution in [3.05, 3.63) is 41.6 Å². The van der Waals surface area contributed by atoms with Crippen LogP contribution in [-0.2, 0) is 6.54 Å². The minimum Gasteiger partial charge on any atom is -0.493 e. The molecule has 1 aromatic carbocycles. The van der Waals surface area contributed by atoms with Gasteiger partial charge in [0.25, 0.3) is 0 Å². The summed E-state index contributed by atoms with van der Waals surface area (Å²) in [6.07, 6.45) is 0. The van der Waals surface area contributed by atoms with Gasteiger partial charge in [0.15, 0.2) is 0 Å². The number of nitrogens with zero attached hydrogens (tertiary/aromatic N) is 2. The molecule has 0 amide bonds. The van der Waals surface area contributed by atoms with Crippen molar-refractivity contribution in [2.45, 2.75) is 32.4 Å². The Morgan fingerprint density at radius 2 is 2.21 bits per heavy atom. The van der Waals surface area contributed by atoms with Crippen molar-refractivity contribution in [1.82, 2.24) is 15.5 Å². The van der Waals surface area contributed by atoms with Crippen molar-refractivity contribution in [1.29, 1.82) is 0 Å². The second kappa shape index (κ2) is 5.01. The molecule has 3 rings (SSSR count). The first-order valence-corrected chi connectivity index (χ1v) is 6.48. The Kier molecular flexibility index (Phi) is 3.21. The number of para-hydroxylation sites is 1. The molecule has 5 heteroatoms. The van der Waals surface area contributed by atoms with Crippen LogP contribution in [0.1, 0.15) is 30.2 Å². The third-order valence-electron chi connectivity index (χ3n) is 3.48. The molecule has 1 aromatic heterocycles. The summed E-state index contributed by atoms with van der Waals surface area (Å²) < 4.78 is 11.0. The number of benzene rings is 1. The van der Waals surface area contributed by atoms with Crippen molar-refractivity contribution < 1.29 is 9.15 Å². The van der Waals surface area contributed by atoms with Crippen LogP contribution in [-0.4, -0.2) is 22.8 Å². The maximum absolute atomic E-state index is 5.70. The molecule has 5 nitrogen and oxygen atoms in total. The molecule has 1 aliphatic heterocycles. The Hall–Kier alpha value is -1.88. The Morgan fingerprint density at radius 3 is 3.00 bits per heavy atom. The van der Waals surface area contributed by atoms with Crippen molar-refractivity contribution in [3.8, 4) is 5.75 Å². The summed E-state index contributed by atoms with van der Waals surface area (Å²) in [5.41, 5.74) is 1.27. The smallest absolute Gasteiger partial charge is 0.230 e. The molecule has 100 valence electrons. The van der Waals surface area contributed by atoms with Crippen LogP contribution in [0.3, 0.4) is 0 Å². The van der Waals surface area contributed by atoms with E-state index < -0.39 is 0 Å². The van der Waals surface area contributed by atoms with Crippen LogP contribution in [0.25, 0.3) is 0 Å². The van der Waals surface area contributed by atoms with Crippen LogP contribution in [0.4, 0.5) is 0 Å². The molecule has 2 atom stereocenters. The molecule has 0 spiro atoms. The lowest BCUT2D eigenvalue weighted by Gasteiger charge is -2.18. The van der Waals surface area contributed by atoms with Crippen LogP contribution in [0.2, 0.25) is 0 Å². The van der Waals surface area contributed by atoms with Crippen LogP contribution in [0.15, 0.2) is 28.7 Å². The summed E-state index contributed by atoms with van der Waals surface area (Å²) in [6, 6.07) is 8.48. The van der Waals surface area contributed by atoms with Gasteiger partial charge in [-0.25, -0.2) is 0 Å². The zero-order chi connectivity index (χ0) is 13.2. The Morgan fingerprint density at radius 1 is 1.37 bits per heavy atom. The second-order valence-corrected chi connectivity index (χ2v) is 4.84. The normalized spacial score (nSPS) is 18.9. The number of aromatic nitrogens is 2. The molecule has 0 bridgehead atoms. The highest BCUT2D eigenvalue weighted by Gasteiger charge is 2.28. The molecule has 0 aliphatic carbocycles. The van der Waals surface area contributed by atoms with Crippen molar-refractivity contribution in [2.24, 2.45) is 0 Å². The fraction of sp³-hybridized carbons (Fsp3) is 0.429. The molecule has 0 saturated carbocycles. The van der Waals surface area contributed by atoms with Gasteiger partial charge in [-0.3, -0.25) is 0 Å². The van der Waals surface area contributed by atoms with E-state index in [1.165, 1.54) is 5.56 Å². The largest absolute Gasteiger partial charge is 0.493 e. The number of fused-ring (bicyclic) bond motifs is 1. The fourth-order valence-corrected chi connectivity index (χ4v) is 2.40. The van der Waals surface area contributed by atoms with E-state index in [1.807, 2.05) is 12.1 Å². The number of aryl methyl sites for hydroxylation is 1. The summed E-state index contributed by atoms with van der Waals surface area (Å²) >= 11 is 0. The van der Waals surface area contributed by atoms with Crippen LogP contribution >= 0.6 is 0 Å². The van der Waals surface area contributed by atoms with E-state index in [9.17, 15) is 0 Å². The Bertz CT molecular complexity index is 567. The summed E-state index contributed by atoms with van der Waals surface area (Å²) in [4.78, 5) is 0. The number of nitrogens with one attached hydrogen (secondary N) is 1. The summed E-state index contributed by atoms with van der Waals surface area (Å²) in [5, 5.41) is 11.2. The van der Waals surface area contributed by atoms with Gasteiger partial charge in [-0.2, -0.15) is 0 Å². The summed E-state index contributed by atoms with van der Waals surface area (Å²) in [7, 11) is 0. The molecule has 0 fully saturated rings. The van der Waals surface area contributed by atoms with Crippen molar-refractivity contribution >= 4 is 0 Å². The van der Waals surface area contributed by atoms with Crippen LogP contribution in [0, 0.1) is 6.92 Å². The maximum Gasteiger partial charge on any atom is 0.230 e. The van der Waals surface area contributed by atoms with E-state index in [1.54, 1.807) is 6.92 Å². The predicted molar refractivity (Wildman–Crippen MR) is 70.0 cm³/mol. The predicted octanol–water partition coefficient (Wildman–Crippen LogP) is 2.03.